The number of carbonyl (C=O) groups is 1. The fourth-order valence-electron chi connectivity index (χ4n) is 6.99. The predicted octanol–water partition coefficient (Wildman–Crippen LogP) is 6.08. The second kappa shape index (κ2) is 44.1. The Morgan fingerprint density at radius 3 is 1.31 bits per heavy atom. The zero-order chi connectivity index (χ0) is 58.8. The van der Waals surface area contributed by atoms with Crippen molar-refractivity contribution in [1.29, 1.82) is 0 Å². The maximum Gasteiger partial charge on any atom is 0.410 e. The first-order valence-electron chi connectivity index (χ1n) is 26.0. The van der Waals surface area contributed by atoms with Gasteiger partial charge in [0.2, 0.25) is 0 Å². The summed E-state index contributed by atoms with van der Waals surface area (Å²) in [6.07, 6.45) is 7.92. The van der Waals surface area contributed by atoms with Gasteiger partial charge in [-0.1, -0.05) is 39.8 Å². The monoisotopic (exact) mass is 1220 g/mol. The quantitative estimate of drug-likeness (QED) is 0.0773. The van der Waals surface area contributed by atoms with Crippen molar-refractivity contribution < 1.29 is 44.7 Å². The number of ether oxygens (including phenoxy) is 2. The third-order valence-corrected chi connectivity index (χ3v) is 11.4. The number of pyridine rings is 4. The summed E-state index contributed by atoms with van der Waals surface area (Å²) in [5.41, 5.74) is 7.91. The van der Waals surface area contributed by atoms with Crippen LogP contribution < -0.4 is 36.4 Å². The summed E-state index contributed by atoms with van der Waals surface area (Å²) in [6, 6.07) is 12.8. The number of nitrogens with zero attached hydrogens (tertiary/aromatic N) is 12. The highest BCUT2D eigenvalue weighted by Crippen LogP contribution is 2.21. The fourth-order valence-corrected chi connectivity index (χ4v) is 7.10. The number of piperazine rings is 4. The molecular formula is C53H94Cl2N16O12. The number of unbranched alkanes of at least 4 members (excludes halogenated alkanes) is 1. The van der Waals surface area contributed by atoms with Gasteiger partial charge in [0, 0.05) is 137 Å². The van der Waals surface area contributed by atoms with Gasteiger partial charge < -0.3 is 96.8 Å². The van der Waals surface area contributed by atoms with Crippen molar-refractivity contribution in [3.05, 3.63) is 109 Å². The Bertz CT molecular complexity index is 2300. The van der Waals surface area contributed by atoms with Crippen LogP contribution in [0.3, 0.4) is 0 Å². The number of aliphatic hydroxyl groups excluding tert-OH is 2. The number of aliphatic hydroxyl groups is 2. The van der Waals surface area contributed by atoms with Crippen LogP contribution in [-0.4, -0.2) is 203 Å². The Morgan fingerprint density at radius 2 is 1.00 bits per heavy atom. The number of aromatic nitrogens is 4. The second-order valence-corrected chi connectivity index (χ2v) is 20.0. The first kappa shape index (κ1) is 80.7. The van der Waals surface area contributed by atoms with Gasteiger partial charge in [0.1, 0.15) is 11.4 Å². The minimum atomic E-state index is -0.573. The number of anilines is 4. The molecule has 8 rings (SSSR count). The largest absolute Gasteiger partial charge is 0.444 e. The average Bonchev–Trinajstić information content (AvgIpc) is 3.48. The molecule has 0 saturated carbocycles. The van der Waals surface area contributed by atoms with E-state index in [1.54, 1.807) is 41.7 Å². The van der Waals surface area contributed by atoms with Crippen LogP contribution >= 0.6 is 24.0 Å². The molecule has 4 saturated heterocycles. The van der Waals surface area contributed by atoms with Crippen LogP contribution in [-0.2, 0) is 9.47 Å². The number of hydrogen-bond donors (Lipinski definition) is 6. The van der Waals surface area contributed by atoms with Crippen molar-refractivity contribution in [3.8, 4) is 0 Å². The van der Waals surface area contributed by atoms with Gasteiger partial charge in [-0.2, -0.15) is 0 Å². The Hall–Kier alpha value is -6.47. The highest BCUT2D eigenvalue weighted by Gasteiger charge is 2.26. The van der Waals surface area contributed by atoms with Gasteiger partial charge in [0.25, 0.3) is 0 Å². The Morgan fingerprint density at radius 1 is 0.614 bits per heavy atom. The van der Waals surface area contributed by atoms with E-state index in [-0.39, 0.29) is 61.9 Å². The summed E-state index contributed by atoms with van der Waals surface area (Å²) in [5.74, 6) is 0.107. The topological polar surface area (TPSA) is 367 Å². The van der Waals surface area contributed by atoms with Crippen LogP contribution in [0.5, 0.6) is 0 Å². The molecule has 4 aromatic rings. The molecule has 4 aliphatic rings. The number of hydrogen-bond acceptors (Lipinski definition) is 23. The standard InChI is InChI=1S/C14H22N4O3.C14H22N4O2.C9H12N4O2.C5H3ClN2O2.C4H10N2.C4H10O.CH4O.2CH4.ClH.H2O/c1-14(2,3)21-11-16-6-8-17(9-7-16)12-4-5-13(15-10-12)18(19)20;1-14(2,3)20-13(19)18-8-6-17(7-9-18)11-4-5-12(15)16-10-11;14-13(15)9-2-1-8(7-11-9)12-5-3-10-4-6-12;6-4-1-2-5(7-3-4)8(9)10;1-2-6-4-3-5-1;1-2-3-4-5;1-2;;;;/h4-5,10H,6-9,11H2,1-3H3;4-5,10H,6-9H2,1-3H3,(H2,15,16);1-2,7,10H,3-6H2;1-3H;5-6H,1-4H2;5H,2-4H2,1H3;2H,1H3;2*1H4;1H;1H2. The molecule has 28 nitrogen and oxygen atoms in total. The number of nitrogen functional groups attached to an aromatic ring is 1. The van der Waals surface area contributed by atoms with Crippen LogP contribution in [0.4, 0.5) is 45.1 Å². The van der Waals surface area contributed by atoms with Gasteiger partial charge in [-0.15, -0.1) is 12.4 Å². The van der Waals surface area contributed by atoms with Gasteiger partial charge in [0.05, 0.1) is 40.6 Å². The summed E-state index contributed by atoms with van der Waals surface area (Å²) in [5, 5.41) is 56.2. The first-order valence-corrected chi connectivity index (χ1v) is 26.4. The molecule has 0 radical (unpaired) electrons. The van der Waals surface area contributed by atoms with Gasteiger partial charge in [-0.05, 0) is 108 Å². The number of nitrogens with two attached hydrogens (primary N) is 1. The van der Waals surface area contributed by atoms with E-state index in [2.05, 4.69) is 62.4 Å². The molecule has 0 aliphatic carbocycles. The lowest BCUT2D eigenvalue weighted by Crippen LogP contribution is -2.50. The van der Waals surface area contributed by atoms with Crippen molar-refractivity contribution in [2.45, 2.75) is 87.4 Å². The third-order valence-electron chi connectivity index (χ3n) is 11.2. The van der Waals surface area contributed by atoms with Gasteiger partial charge in [-0.3, -0.25) is 4.90 Å². The summed E-state index contributed by atoms with van der Waals surface area (Å²) in [4.78, 5) is 67.2. The lowest BCUT2D eigenvalue weighted by atomic mass is 10.2. The average molecular weight is 1220 g/mol. The molecule has 0 unspecified atom stereocenters. The van der Waals surface area contributed by atoms with E-state index in [1.807, 2.05) is 47.6 Å². The van der Waals surface area contributed by atoms with E-state index < -0.39 is 20.4 Å². The number of nitro groups is 3. The summed E-state index contributed by atoms with van der Waals surface area (Å²) >= 11 is 5.43. The van der Waals surface area contributed by atoms with E-state index in [1.165, 1.54) is 30.5 Å². The highest BCUT2D eigenvalue weighted by molar-refractivity contribution is 6.30. The first-order chi connectivity index (χ1) is 37.6. The molecule has 8 heterocycles. The fraction of sp³-hybridized carbons (Fsp3) is 0.604. The van der Waals surface area contributed by atoms with E-state index >= 15 is 0 Å². The summed E-state index contributed by atoms with van der Waals surface area (Å²) < 4.78 is 11.1. The van der Waals surface area contributed by atoms with Crippen LogP contribution in [0, 0.1) is 30.3 Å². The van der Waals surface area contributed by atoms with E-state index in [4.69, 9.17) is 37.0 Å². The molecule has 4 aromatic heterocycles. The predicted molar refractivity (Wildman–Crippen MR) is 331 cm³/mol. The second-order valence-electron chi connectivity index (χ2n) is 19.6. The van der Waals surface area contributed by atoms with Crippen LogP contribution in [0.2, 0.25) is 5.02 Å². The molecule has 1 amide bonds. The minimum Gasteiger partial charge on any atom is -0.444 e. The third kappa shape index (κ3) is 34.7. The molecule has 9 N–H and O–H groups in total. The molecule has 0 spiro atoms. The zero-order valence-corrected chi connectivity index (χ0v) is 49.4. The van der Waals surface area contributed by atoms with E-state index in [9.17, 15) is 35.1 Å². The Kier molecular flexibility index (Phi) is 42.9. The summed E-state index contributed by atoms with van der Waals surface area (Å²) in [7, 11) is 1.00. The SMILES string of the molecule is C.C.C1CNCCN1.CC(C)(C)OC(=O)N1CCN(c2ccc(N)nc2)CC1.CC(C)(C)OCN1CCN(c2ccc([N+](=O)[O-])nc2)CC1.CCCCO.CO.Cl.O.O=[N+]([O-])c1ccc(Cl)cn1.O=[N+]([O-])c1ccc(N2CCNCC2)cn1. The highest BCUT2D eigenvalue weighted by atomic mass is 35.5. The van der Waals surface area contributed by atoms with E-state index in [0.717, 1.165) is 129 Å². The zero-order valence-electron chi connectivity index (χ0n) is 47.9. The molecule has 83 heavy (non-hydrogen) atoms. The van der Waals surface area contributed by atoms with Crippen LogP contribution in [0.15, 0.2) is 73.3 Å². The molecular weight excluding hydrogens is 1120 g/mol. The Labute approximate surface area is 500 Å². The van der Waals surface area contributed by atoms with Crippen molar-refractivity contribution in [2.24, 2.45) is 0 Å². The normalized spacial score (nSPS) is 14.6. The lowest BCUT2D eigenvalue weighted by molar-refractivity contribution is -0.389. The molecule has 0 bridgehead atoms. The van der Waals surface area contributed by atoms with Crippen molar-refractivity contribution in [1.82, 2.24) is 45.7 Å². The maximum absolute atomic E-state index is 12.0. The number of halogens is 2. The molecule has 0 aromatic carbocycles. The van der Waals surface area contributed by atoms with Crippen LogP contribution in [0.25, 0.3) is 0 Å². The smallest absolute Gasteiger partial charge is 0.410 e. The van der Waals surface area contributed by atoms with Crippen molar-refractivity contribution >= 4 is 70.4 Å². The molecule has 472 valence electrons. The van der Waals surface area contributed by atoms with Crippen molar-refractivity contribution in [2.75, 3.05) is 146 Å². The number of nitrogens with one attached hydrogen (secondary N) is 3. The minimum absolute atomic E-state index is 0. The Balaban J connectivity index is -0.000000962. The van der Waals surface area contributed by atoms with Crippen molar-refractivity contribution in [3.63, 3.8) is 0 Å². The van der Waals surface area contributed by atoms with E-state index in [0.29, 0.717) is 37.3 Å². The molecule has 4 fully saturated rings. The van der Waals surface area contributed by atoms with Crippen LogP contribution in [0.1, 0.15) is 76.2 Å². The summed E-state index contributed by atoms with van der Waals surface area (Å²) in [6.45, 7) is 29.5. The molecule has 4 aliphatic heterocycles. The number of rotatable bonds is 10. The molecule has 30 heteroatoms. The van der Waals surface area contributed by atoms with Gasteiger partial charge in [-0.25, -0.2) is 9.78 Å². The number of carbonyl (C=O) groups excluding carboxylic acids is 1. The van der Waals surface area contributed by atoms with Gasteiger partial charge in [0.15, 0.2) is 18.6 Å². The van der Waals surface area contributed by atoms with Gasteiger partial charge >= 0.3 is 23.5 Å². The lowest BCUT2D eigenvalue weighted by Gasteiger charge is -2.36. The molecule has 0 atom stereocenters. The maximum atomic E-state index is 12.0. The number of amides is 1.